The van der Waals surface area contributed by atoms with Gasteiger partial charge >= 0.3 is 0 Å². The molecule has 3 nitrogen and oxygen atoms in total. The van der Waals surface area contributed by atoms with Gasteiger partial charge in [0.2, 0.25) is 5.91 Å². The normalized spacial score (nSPS) is 25.7. The molecule has 2 aliphatic rings. The third-order valence-electron chi connectivity index (χ3n) is 5.56. The first-order valence-electron chi connectivity index (χ1n) is 9.13. The zero-order valence-electron chi connectivity index (χ0n) is 15.1. The first-order valence-corrected chi connectivity index (χ1v) is 9.13. The molecule has 0 saturated carbocycles. The van der Waals surface area contributed by atoms with Crippen LogP contribution >= 0.6 is 12.4 Å². The molecule has 2 fully saturated rings. The Bertz CT molecular complexity index is 560. The standard InChI is InChI=1S/C20H30N2O.ClH/c1-14(2)7-6-10-19(23)22-13-16-11-21-12-18(16)20(22)17-9-5-4-8-15(17)3;/h4-5,8-9,14,16,18,20-21H,6-7,10-13H2,1-3H3;1H/t16-,18-,20-;/m0./s1. The lowest BCUT2D eigenvalue weighted by molar-refractivity contribution is -0.132. The lowest BCUT2D eigenvalue weighted by Gasteiger charge is -2.29. The molecule has 4 heteroatoms. The van der Waals surface area contributed by atoms with Crippen molar-refractivity contribution in [3.8, 4) is 0 Å². The average Bonchev–Trinajstić information content (AvgIpc) is 3.08. The number of likely N-dealkylation sites (tertiary alicyclic amines) is 1. The minimum atomic E-state index is 0. The van der Waals surface area contributed by atoms with E-state index in [1.165, 1.54) is 11.1 Å². The SMILES string of the molecule is Cc1ccccc1[C@H]1[C@H]2CNC[C@H]2CN1C(=O)CCCC(C)C.Cl. The van der Waals surface area contributed by atoms with Crippen LogP contribution in [-0.2, 0) is 4.79 Å². The van der Waals surface area contributed by atoms with Gasteiger partial charge in [0.1, 0.15) is 0 Å². The molecule has 2 heterocycles. The second-order valence-corrected chi connectivity index (χ2v) is 7.72. The van der Waals surface area contributed by atoms with Gasteiger partial charge in [-0.3, -0.25) is 4.79 Å². The second-order valence-electron chi connectivity index (χ2n) is 7.72. The van der Waals surface area contributed by atoms with Crippen molar-refractivity contribution < 1.29 is 4.79 Å². The van der Waals surface area contributed by atoms with E-state index in [0.717, 1.165) is 32.5 Å². The largest absolute Gasteiger partial charge is 0.335 e. The monoisotopic (exact) mass is 350 g/mol. The summed E-state index contributed by atoms with van der Waals surface area (Å²) in [4.78, 5) is 15.1. The average molecular weight is 351 g/mol. The zero-order valence-corrected chi connectivity index (χ0v) is 15.9. The fourth-order valence-corrected chi connectivity index (χ4v) is 4.30. The second kappa shape index (κ2) is 8.35. The number of hydrogen-bond acceptors (Lipinski definition) is 2. The van der Waals surface area contributed by atoms with E-state index < -0.39 is 0 Å². The van der Waals surface area contributed by atoms with Crippen molar-refractivity contribution in [1.82, 2.24) is 10.2 Å². The molecular formula is C20H31ClN2O. The molecule has 2 aliphatic heterocycles. The molecule has 0 aromatic heterocycles. The Balaban J connectivity index is 0.00000208. The maximum absolute atomic E-state index is 12.9. The summed E-state index contributed by atoms with van der Waals surface area (Å²) in [6.45, 7) is 9.66. The van der Waals surface area contributed by atoms with Crippen LogP contribution in [0.3, 0.4) is 0 Å². The molecular weight excluding hydrogens is 320 g/mol. The number of carbonyl (C=O) groups is 1. The fourth-order valence-electron chi connectivity index (χ4n) is 4.30. The maximum atomic E-state index is 12.9. The highest BCUT2D eigenvalue weighted by atomic mass is 35.5. The van der Waals surface area contributed by atoms with Crippen molar-refractivity contribution in [2.45, 2.75) is 46.1 Å². The van der Waals surface area contributed by atoms with Gasteiger partial charge < -0.3 is 10.2 Å². The Labute approximate surface area is 152 Å². The molecule has 0 bridgehead atoms. The van der Waals surface area contributed by atoms with E-state index in [0.29, 0.717) is 30.1 Å². The summed E-state index contributed by atoms with van der Waals surface area (Å²) in [5.41, 5.74) is 2.66. The van der Waals surface area contributed by atoms with E-state index in [1.54, 1.807) is 0 Å². The third kappa shape index (κ3) is 3.94. The van der Waals surface area contributed by atoms with Crippen LogP contribution < -0.4 is 5.32 Å². The van der Waals surface area contributed by atoms with Gasteiger partial charge in [-0.25, -0.2) is 0 Å². The van der Waals surface area contributed by atoms with Crippen molar-refractivity contribution in [1.29, 1.82) is 0 Å². The lowest BCUT2D eigenvalue weighted by Crippen LogP contribution is -2.34. The van der Waals surface area contributed by atoms with Crippen LogP contribution in [0, 0.1) is 24.7 Å². The molecule has 0 radical (unpaired) electrons. The van der Waals surface area contributed by atoms with Gasteiger partial charge in [0.15, 0.2) is 0 Å². The van der Waals surface area contributed by atoms with Crippen LogP contribution in [0.25, 0.3) is 0 Å². The molecule has 3 atom stereocenters. The smallest absolute Gasteiger partial charge is 0.223 e. The Morgan fingerprint density at radius 2 is 2.04 bits per heavy atom. The van der Waals surface area contributed by atoms with Gasteiger partial charge in [0.25, 0.3) is 0 Å². The highest BCUT2D eigenvalue weighted by molar-refractivity contribution is 5.85. The van der Waals surface area contributed by atoms with Crippen molar-refractivity contribution >= 4 is 18.3 Å². The molecule has 0 spiro atoms. The molecule has 1 amide bonds. The van der Waals surface area contributed by atoms with E-state index in [1.807, 2.05) is 0 Å². The number of halogens is 1. The molecule has 0 aliphatic carbocycles. The van der Waals surface area contributed by atoms with E-state index in [4.69, 9.17) is 0 Å². The van der Waals surface area contributed by atoms with E-state index in [9.17, 15) is 4.79 Å². The third-order valence-corrected chi connectivity index (χ3v) is 5.56. The van der Waals surface area contributed by atoms with Crippen molar-refractivity contribution in [2.24, 2.45) is 17.8 Å². The molecule has 24 heavy (non-hydrogen) atoms. The van der Waals surface area contributed by atoms with Gasteiger partial charge in [-0.05, 0) is 36.3 Å². The molecule has 2 saturated heterocycles. The summed E-state index contributed by atoms with van der Waals surface area (Å²) in [7, 11) is 0. The summed E-state index contributed by atoms with van der Waals surface area (Å²) in [6.07, 6.45) is 2.86. The number of carbonyl (C=O) groups excluding carboxylic acids is 1. The maximum Gasteiger partial charge on any atom is 0.223 e. The van der Waals surface area contributed by atoms with Crippen molar-refractivity contribution in [2.75, 3.05) is 19.6 Å². The minimum Gasteiger partial charge on any atom is -0.335 e. The lowest BCUT2D eigenvalue weighted by atomic mass is 9.87. The minimum absolute atomic E-state index is 0. The van der Waals surface area contributed by atoms with E-state index in [2.05, 4.69) is 55.3 Å². The highest BCUT2D eigenvalue weighted by Gasteiger charge is 2.46. The van der Waals surface area contributed by atoms with Crippen LogP contribution in [-0.4, -0.2) is 30.4 Å². The van der Waals surface area contributed by atoms with E-state index >= 15 is 0 Å². The summed E-state index contributed by atoms with van der Waals surface area (Å²) in [5, 5.41) is 3.52. The molecule has 0 unspecified atom stereocenters. The summed E-state index contributed by atoms with van der Waals surface area (Å²) < 4.78 is 0. The number of rotatable bonds is 5. The van der Waals surface area contributed by atoms with Crippen molar-refractivity contribution in [3.63, 3.8) is 0 Å². The predicted octanol–water partition coefficient (Wildman–Crippen LogP) is 3.96. The van der Waals surface area contributed by atoms with Crippen LogP contribution in [0.4, 0.5) is 0 Å². The Morgan fingerprint density at radius 1 is 1.29 bits per heavy atom. The van der Waals surface area contributed by atoms with Crippen LogP contribution in [0.15, 0.2) is 24.3 Å². The van der Waals surface area contributed by atoms with Gasteiger partial charge in [-0.1, -0.05) is 44.5 Å². The molecule has 134 valence electrons. The summed E-state index contributed by atoms with van der Waals surface area (Å²) in [6, 6.07) is 8.86. The Hall–Kier alpha value is -1.06. The summed E-state index contributed by atoms with van der Waals surface area (Å²) in [5.74, 6) is 2.23. The van der Waals surface area contributed by atoms with Crippen LogP contribution in [0.5, 0.6) is 0 Å². The predicted molar refractivity (Wildman–Crippen MR) is 101 cm³/mol. The quantitative estimate of drug-likeness (QED) is 0.871. The topological polar surface area (TPSA) is 32.3 Å². The summed E-state index contributed by atoms with van der Waals surface area (Å²) >= 11 is 0. The van der Waals surface area contributed by atoms with E-state index in [-0.39, 0.29) is 18.4 Å². The highest BCUT2D eigenvalue weighted by Crippen LogP contribution is 2.43. The molecule has 1 aromatic carbocycles. The first kappa shape index (κ1) is 19.3. The number of benzene rings is 1. The van der Waals surface area contributed by atoms with Crippen LogP contribution in [0.1, 0.15) is 50.3 Å². The number of nitrogens with one attached hydrogen (secondary N) is 1. The number of amides is 1. The first-order chi connectivity index (χ1) is 11.1. The van der Waals surface area contributed by atoms with Crippen molar-refractivity contribution in [3.05, 3.63) is 35.4 Å². The Morgan fingerprint density at radius 3 is 2.75 bits per heavy atom. The van der Waals surface area contributed by atoms with Gasteiger partial charge in [0, 0.05) is 32.0 Å². The molecule has 1 aromatic rings. The zero-order chi connectivity index (χ0) is 16.4. The fraction of sp³-hybridized carbons (Fsp3) is 0.650. The van der Waals surface area contributed by atoms with Crippen LogP contribution in [0.2, 0.25) is 0 Å². The molecule has 3 rings (SSSR count). The number of hydrogen-bond donors (Lipinski definition) is 1. The number of nitrogens with zero attached hydrogens (tertiary/aromatic N) is 1. The van der Waals surface area contributed by atoms with Gasteiger partial charge in [-0.2, -0.15) is 0 Å². The molecule has 1 N–H and O–H groups in total. The van der Waals surface area contributed by atoms with Gasteiger partial charge in [-0.15, -0.1) is 12.4 Å². The van der Waals surface area contributed by atoms with Gasteiger partial charge in [0.05, 0.1) is 6.04 Å². The Kier molecular flexibility index (Phi) is 6.70. The number of aryl methyl sites for hydroxylation is 1. The number of fused-ring (bicyclic) bond motifs is 1.